The minimum atomic E-state index is -5.08. The Labute approximate surface area is 166 Å². The second kappa shape index (κ2) is 9.38. The predicted octanol–water partition coefficient (Wildman–Crippen LogP) is 1.70. The molecule has 2 N–H and O–H groups in total. The first kappa shape index (κ1) is 22.9. The number of carbonyl (C=O) groups is 2. The Morgan fingerprint density at radius 1 is 1.31 bits per heavy atom. The van der Waals surface area contributed by atoms with Gasteiger partial charge in [-0.2, -0.15) is 13.2 Å². The maximum Gasteiger partial charge on any atom is 0.490 e. The topological polar surface area (TPSA) is 105 Å². The van der Waals surface area contributed by atoms with Crippen molar-refractivity contribution in [3.63, 3.8) is 0 Å². The highest BCUT2D eigenvalue weighted by atomic mass is 19.4. The van der Waals surface area contributed by atoms with Crippen molar-refractivity contribution in [1.82, 2.24) is 15.3 Å². The van der Waals surface area contributed by atoms with E-state index in [1.54, 1.807) is 7.05 Å². The lowest BCUT2D eigenvalue weighted by atomic mass is 9.83. The van der Waals surface area contributed by atoms with Crippen LogP contribution in [0.4, 0.5) is 19.1 Å². The molecule has 0 bridgehead atoms. The van der Waals surface area contributed by atoms with Gasteiger partial charge in [-0.25, -0.2) is 14.8 Å². The SMILES string of the molecule is CNC(=O)C[C@@H]1OC[C@H]2CN(c3nc(C)cc(C)n3)CC[C@H]21.O=C(O)C(F)(F)F. The highest BCUT2D eigenvalue weighted by molar-refractivity contribution is 5.76. The number of nitrogens with zero attached hydrogens (tertiary/aromatic N) is 3. The Morgan fingerprint density at radius 3 is 2.41 bits per heavy atom. The van der Waals surface area contributed by atoms with E-state index in [0.717, 1.165) is 43.5 Å². The van der Waals surface area contributed by atoms with Gasteiger partial charge in [0.2, 0.25) is 11.9 Å². The van der Waals surface area contributed by atoms with E-state index in [0.29, 0.717) is 18.3 Å². The summed E-state index contributed by atoms with van der Waals surface area (Å²) in [7, 11) is 1.68. The van der Waals surface area contributed by atoms with E-state index in [2.05, 4.69) is 20.2 Å². The fourth-order valence-electron chi connectivity index (χ4n) is 3.61. The summed E-state index contributed by atoms with van der Waals surface area (Å²) in [6.45, 7) is 6.58. The van der Waals surface area contributed by atoms with Crippen molar-refractivity contribution in [3.05, 3.63) is 17.5 Å². The molecule has 0 unspecified atom stereocenters. The third-order valence-electron chi connectivity index (χ3n) is 4.96. The molecule has 2 saturated heterocycles. The smallest absolute Gasteiger partial charge is 0.475 e. The van der Waals surface area contributed by atoms with Crippen LogP contribution in [0.15, 0.2) is 6.07 Å². The molecule has 8 nitrogen and oxygen atoms in total. The van der Waals surface area contributed by atoms with E-state index in [9.17, 15) is 18.0 Å². The molecule has 162 valence electrons. The zero-order chi connectivity index (χ0) is 21.8. The number of alkyl halides is 3. The van der Waals surface area contributed by atoms with Crippen molar-refractivity contribution in [1.29, 1.82) is 0 Å². The van der Waals surface area contributed by atoms with E-state index < -0.39 is 12.1 Å². The lowest BCUT2D eigenvalue weighted by molar-refractivity contribution is -0.192. The molecule has 0 aliphatic carbocycles. The van der Waals surface area contributed by atoms with Gasteiger partial charge in [-0.3, -0.25) is 4.79 Å². The molecule has 0 radical (unpaired) electrons. The number of aromatic nitrogens is 2. The summed E-state index contributed by atoms with van der Waals surface area (Å²) >= 11 is 0. The van der Waals surface area contributed by atoms with Crippen molar-refractivity contribution in [3.8, 4) is 0 Å². The minimum Gasteiger partial charge on any atom is -0.475 e. The summed E-state index contributed by atoms with van der Waals surface area (Å²) in [4.78, 5) is 31.9. The predicted molar refractivity (Wildman–Crippen MR) is 97.4 cm³/mol. The van der Waals surface area contributed by atoms with E-state index >= 15 is 0 Å². The molecule has 3 rings (SSSR count). The first-order valence-electron chi connectivity index (χ1n) is 9.20. The number of rotatable bonds is 3. The fraction of sp³-hybridized carbons (Fsp3) is 0.667. The third kappa shape index (κ3) is 6.28. The maximum atomic E-state index is 11.6. The van der Waals surface area contributed by atoms with Gasteiger partial charge in [-0.05, 0) is 32.3 Å². The number of anilines is 1. The number of ether oxygens (including phenoxy) is 1. The molecule has 0 aromatic carbocycles. The van der Waals surface area contributed by atoms with Crippen LogP contribution in [-0.2, 0) is 14.3 Å². The van der Waals surface area contributed by atoms with E-state index in [1.807, 2.05) is 19.9 Å². The average Bonchev–Trinajstić information content (AvgIpc) is 3.02. The molecule has 3 heterocycles. The zero-order valence-corrected chi connectivity index (χ0v) is 16.5. The lowest BCUT2D eigenvalue weighted by Gasteiger charge is -2.35. The van der Waals surface area contributed by atoms with Crippen LogP contribution in [0, 0.1) is 25.7 Å². The number of halogens is 3. The van der Waals surface area contributed by atoms with Gasteiger partial charge in [0.05, 0.1) is 19.1 Å². The summed E-state index contributed by atoms with van der Waals surface area (Å²) in [5, 5.41) is 9.81. The monoisotopic (exact) mass is 418 g/mol. The summed E-state index contributed by atoms with van der Waals surface area (Å²) in [6.07, 6.45) is -3.52. The van der Waals surface area contributed by atoms with Gasteiger partial charge in [0.15, 0.2) is 0 Å². The van der Waals surface area contributed by atoms with Gasteiger partial charge < -0.3 is 20.1 Å². The third-order valence-corrected chi connectivity index (χ3v) is 4.96. The molecule has 2 fully saturated rings. The van der Waals surface area contributed by atoms with E-state index in [4.69, 9.17) is 14.6 Å². The molecule has 11 heteroatoms. The summed E-state index contributed by atoms with van der Waals surface area (Å²) in [6, 6.07) is 1.99. The molecule has 1 amide bonds. The van der Waals surface area contributed by atoms with Crippen LogP contribution in [0.3, 0.4) is 0 Å². The molecule has 2 aliphatic heterocycles. The number of nitrogens with one attached hydrogen (secondary N) is 1. The number of amides is 1. The van der Waals surface area contributed by atoms with Gasteiger partial charge in [0.25, 0.3) is 0 Å². The average molecular weight is 418 g/mol. The van der Waals surface area contributed by atoms with Crippen molar-refractivity contribution in [2.75, 3.05) is 31.6 Å². The quantitative estimate of drug-likeness (QED) is 0.770. The molecule has 2 aliphatic rings. The van der Waals surface area contributed by atoms with E-state index in [-0.39, 0.29) is 12.0 Å². The number of aliphatic carboxylic acids is 1. The van der Waals surface area contributed by atoms with Gasteiger partial charge in [0.1, 0.15) is 0 Å². The fourth-order valence-corrected chi connectivity index (χ4v) is 3.61. The largest absolute Gasteiger partial charge is 0.490 e. The number of hydrogen-bond acceptors (Lipinski definition) is 6. The van der Waals surface area contributed by atoms with Crippen LogP contribution in [0.25, 0.3) is 0 Å². The van der Waals surface area contributed by atoms with Crippen molar-refractivity contribution < 1.29 is 32.6 Å². The molecule has 3 atom stereocenters. The van der Waals surface area contributed by atoms with Crippen molar-refractivity contribution >= 4 is 17.8 Å². The Morgan fingerprint density at radius 2 is 1.90 bits per heavy atom. The Bertz CT molecular complexity index is 724. The lowest BCUT2D eigenvalue weighted by Crippen LogP contribution is -2.43. The summed E-state index contributed by atoms with van der Waals surface area (Å²) in [5.41, 5.74) is 2.01. The second-order valence-corrected chi connectivity index (χ2v) is 7.16. The van der Waals surface area contributed by atoms with Crippen LogP contribution < -0.4 is 10.2 Å². The van der Waals surface area contributed by atoms with Crippen LogP contribution in [0.2, 0.25) is 0 Å². The number of carbonyl (C=O) groups excluding carboxylic acids is 1. The highest BCUT2D eigenvalue weighted by Gasteiger charge is 2.42. The second-order valence-electron chi connectivity index (χ2n) is 7.16. The first-order chi connectivity index (χ1) is 13.5. The molecular formula is C18H25F3N4O4. The summed E-state index contributed by atoms with van der Waals surface area (Å²) < 4.78 is 37.6. The maximum absolute atomic E-state index is 11.6. The number of carboxylic acids is 1. The van der Waals surface area contributed by atoms with Crippen LogP contribution in [0.5, 0.6) is 0 Å². The normalized spacial score (nSPS) is 23.7. The molecule has 0 saturated carbocycles. The minimum absolute atomic E-state index is 0.0609. The Hall–Kier alpha value is -2.43. The van der Waals surface area contributed by atoms with Crippen LogP contribution in [0.1, 0.15) is 24.2 Å². The van der Waals surface area contributed by atoms with Crippen LogP contribution in [-0.4, -0.2) is 66.0 Å². The van der Waals surface area contributed by atoms with Gasteiger partial charge in [-0.1, -0.05) is 0 Å². The highest BCUT2D eigenvalue weighted by Crippen LogP contribution is 2.36. The van der Waals surface area contributed by atoms with E-state index in [1.165, 1.54) is 0 Å². The van der Waals surface area contributed by atoms with Gasteiger partial charge in [-0.15, -0.1) is 0 Å². The standard InChI is InChI=1S/C16H24N4O2.C2HF3O2/c1-10-6-11(2)19-16(18-10)20-5-4-13-12(8-20)9-22-14(13)7-15(21)17-3;3-2(4,5)1(6)7/h6,12-14H,4-5,7-9H2,1-3H3,(H,17,21);(H,6,7)/t12-,13-,14+;/m1./s1. The van der Waals surface area contributed by atoms with Gasteiger partial charge >= 0.3 is 12.1 Å². The van der Waals surface area contributed by atoms with Gasteiger partial charge in [0, 0.05) is 37.4 Å². The molecule has 0 spiro atoms. The molecular weight excluding hydrogens is 393 g/mol. The number of piperidine rings is 1. The number of carboxylic acid groups (broad SMARTS) is 1. The first-order valence-corrected chi connectivity index (χ1v) is 9.20. The van der Waals surface area contributed by atoms with Crippen LogP contribution >= 0.6 is 0 Å². The molecule has 1 aromatic rings. The van der Waals surface area contributed by atoms with Crippen molar-refractivity contribution in [2.45, 2.75) is 39.0 Å². The zero-order valence-electron chi connectivity index (χ0n) is 16.5. The van der Waals surface area contributed by atoms with Crippen molar-refractivity contribution in [2.24, 2.45) is 11.8 Å². The number of fused-ring (bicyclic) bond motifs is 1. The Balaban J connectivity index is 0.000000370. The number of hydrogen-bond donors (Lipinski definition) is 2. The molecule has 1 aromatic heterocycles. The Kier molecular flexibility index (Phi) is 7.39. The molecule has 29 heavy (non-hydrogen) atoms. The number of aryl methyl sites for hydroxylation is 2. The summed E-state index contributed by atoms with van der Waals surface area (Å²) in [5.74, 6) is -0.934.